The number of ketones is 1. The fraction of sp³-hybridized carbons (Fsp3) is 0.222. The Labute approximate surface area is 160 Å². The molecule has 0 saturated carbocycles. The predicted molar refractivity (Wildman–Crippen MR) is 100 cm³/mol. The van der Waals surface area contributed by atoms with Gasteiger partial charge in [0.25, 0.3) is 0 Å². The molecule has 2 rings (SSSR count). The second-order valence-corrected chi connectivity index (χ2v) is 8.22. The average molecular weight is 440 g/mol. The SMILES string of the molecule is COC(=O)C[C@H](NS(=O)(=O)c1cccc(C(C)=O)c1)c1ccc(Br)cc1. The number of methoxy groups -OCH3 is 1. The number of hydrogen-bond acceptors (Lipinski definition) is 5. The lowest BCUT2D eigenvalue weighted by Gasteiger charge is -2.18. The Morgan fingerprint density at radius 3 is 2.38 bits per heavy atom. The molecule has 0 spiro atoms. The van der Waals surface area contributed by atoms with Crippen LogP contribution in [0.15, 0.2) is 57.9 Å². The molecule has 0 aliphatic carbocycles. The van der Waals surface area contributed by atoms with Gasteiger partial charge < -0.3 is 4.74 Å². The highest BCUT2D eigenvalue weighted by Crippen LogP contribution is 2.23. The van der Waals surface area contributed by atoms with Crippen LogP contribution in [0, 0.1) is 0 Å². The smallest absolute Gasteiger partial charge is 0.307 e. The first kappa shape index (κ1) is 20.3. The molecular weight excluding hydrogens is 422 g/mol. The zero-order valence-corrected chi connectivity index (χ0v) is 16.6. The number of benzene rings is 2. The van der Waals surface area contributed by atoms with E-state index in [1.54, 1.807) is 30.3 Å². The lowest BCUT2D eigenvalue weighted by Crippen LogP contribution is -2.30. The van der Waals surface area contributed by atoms with E-state index in [9.17, 15) is 18.0 Å². The summed E-state index contributed by atoms with van der Waals surface area (Å²) in [6.07, 6.45) is -0.163. The van der Waals surface area contributed by atoms with Gasteiger partial charge in [-0.25, -0.2) is 13.1 Å². The molecule has 1 N–H and O–H groups in total. The molecule has 0 aromatic heterocycles. The van der Waals surface area contributed by atoms with Crippen LogP contribution in [0.1, 0.15) is 35.3 Å². The molecule has 2 aromatic carbocycles. The molecule has 1 atom stereocenters. The predicted octanol–water partition coefficient (Wildman–Crippen LogP) is 3.23. The lowest BCUT2D eigenvalue weighted by molar-refractivity contribution is -0.141. The summed E-state index contributed by atoms with van der Waals surface area (Å²) in [6.45, 7) is 1.36. The molecule has 0 saturated heterocycles. The van der Waals surface area contributed by atoms with Crippen molar-refractivity contribution < 1.29 is 22.7 Å². The van der Waals surface area contributed by atoms with Crippen LogP contribution in [-0.4, -0.2) is 27.3 Å². The highest BCUT2D eigenvalue weighted by Gasteiger charge is 2.24. The highest BCUT2D eigenvalue weighted by atomic mass is 79.9. The molecule has 0 unspecified atom stereocenters. The van der Waals surface area contributed by atoms with Gasteiger partial charge in [0.05, 0.1) is 24.5 Å². The van der Waals surface area contributed by atoms with E-state index in [1.165, 1.54) is 32.2 Å². The average Bonchev–Trinajstić information content (AvgIpc) is 2.61. The van der Waals surface area contributed by atoms with Gasteiger partial charge in [-0.2, -0.15) is 0 Å². The van der Waals surface area contributed by atoms with Crippen molar-refractivity contribution in [2.24, 2.45) is 0 Å². The Balaban J connectivity index is 2.36. The molecular formula is C18H18BrNO5S. The van der Waals surface area contributed by atoms with Gasteiger partial charge in [-0.1, -0.05) is 40.2 Å². The molecule has 138 valence electrons. The summed E-state index contributed by atoms with van der Waals surface area (Å²) >= 11 is 3.32. The van der Waals surface area contributed by atoms with E-state index in [1.807, 2.05) is 0 Å². The summed E-state index contributed by atoms with van der Waals surface area (Å²) in [6, 6.07) is 11.9. The van der Waals surface area contributed by atoms with E-state index in [0.717, 1.165) is 4.47 Å². The summed E-state index contributed by atoms with van der Waals surface area (Å²) in [4.78, 5) is 23.2. The fourth-order valence-electron chi connectivity index (χ4n) is 2.31. The van der Waals surface area contributed by atoms with Gasteiger partial charge >= 0.3 is 5.97 Å². The third kappa shape index (κ3) is 5.23. The van der Waals surface area contributed by atoms with Gasteiger partial charge in [0.2, 0.25) is 10.0 Å². The monoisotopic (exact) mass is 439 g/mol. The van der Waals surface area contributed by atoms with Gasteiger partial charge in [0.15, 0.2) is 5.78 Å². The molecule has 26 heavy (non-hydrogen) atoms. The zero-order valence-electron chi connectivity index (χ0n) is 14.2. The number of esters is 1. The first-order valence-electron chi connectivity index (χ1n) is 7.68. The van der Waals surface area contributed by atoms with Gasteiger partial charge in [0.1, 0.15) is 0 Å². The van der Waals surface area contributed by atoms with E-state index < -0.39 is 22.0 Å². The third-order valence-corrected chi connectivity index (χ3v) is 5.72. The summed E-state index contributed by atoms with van der Waals surface area (Å²) < 4.78 is 33.5. The molecule has 0 amide bonds. The minimum atomic E-state index is -3.95. The Hall–Kier alpha value is -2.03. The molecule has 0 bridgehead atoms. The number of rotatable bonds is 7. The molecule has 0 aliphatic rings. The van der Waals surface area contributed by atoms with Gasteiger partial charge in [0, 0.05) is 10.0 Å². The Morgan fingerprint density at radius 2 is 1.81 bits per heavy atom. The Morgan fingerprint density at radius 1 is 1.15 bits per heavy atom. The minimum Gasteiger partial charge on any atom is -0.469 e. The first-order valence-corrected chi connectivity index (χ1v) is 9.96. The molecule has 0 fully saturated rings. The van der Waals surface area contributed by atoms with Crippen molar-refractivity contribution in [3.63, 3.8) is 0 Å². The number of Topliss-reactive ketones (excluding diaryl/α,β-unsaturated/α-hetero) is 1. The third-order valence-electron chi connectivity index (χ3n) is 3.72. The molecule has 2 aromatic rings. The molecule has 0 radical (unpaired) electrons. The van der Waals surface area contributed by atoms with Gasteiger partial charge in [-0.3, -0.25) is 9.59 Å². The maximum atomic E-state index is 12.7. The van der Waals surface area contributed by atoms with Crippen molar-refractivity contribution in [2.45, 2.75) is 24.3 Å². The maximum Gasteiger partial charge on any atom is 0.307 e. The summed E-state index contributed by atoms with van der Waals surface area (Å²) in [7, 11) is -2.71. The van der Waals surface area contributed by atoms with Crippen LogP contribution in [-0.2, 0) is 19.6 Å². The molecule has 8 heteroatoms. The lowest BCUT2D eigenvalue weighted by atomic mass is 10.1. The highest BCUT2D eigenvalue weighted by molar-refractivity contribution is 9.10. The van der Waals surface area contributed by atoms with Gasteiger partial charge in [-0.15, -0.1) is 0 Å². The van der Waals surface area contributed by atoms with Crippen LogP contribution in [0.2, 0.25) is 0 Å². The second-order valence-electron chi connectivity index (χ2n) is 5.59. The number of sulfonamides is 1. The zero-order chi connectivity index (χ0) is 19.3. The summed E-state index contributed by atoms with van der Waals surface area (Å²) in [5.41, 5.74) is 0.908. The van der Waals surface area contributed by atoms with E-state index in [0.29, 0.717) is 11.1 Å². The normalized spacial score (nSPS) is 12.4. The van der Waals surface area contributed by atoms with Crippen LogP contribution < -0.4 is 4.72 Å². The number of nitrogens with one attached hydrogen (secondary N) is 1. The summed E-state index contributed by atoms with van der Waals surface area (Å²) in [5, 5.41) is 0. The fourth-order valence-corrected chi connectivity index (χ4v) is 3.84. The molecule has 0 heterocycles. The van der Waals surface area contributed by atoms with Crippen molar-refractivity contribution in [1.29, 1.82) is 0 Å². The number of ether oxygens (including phenoxy) is 1. The van der Waals surface area contributed by atoms with Crippen molar-refractivity contribution in [2.75, 3.05) is 7.11 Å². The van der Waals surface area contributed by atoms with Crippen LogP contribution >= 0.6 is 15.9 Å². The van der Waals surface area contributed by atoms with Crippen LogP contribution in [0.4, 0.5) is 0 Å². The topological polar surface area (TPSA) is 89.5 Å². The van der Waals surface area contributed by atoms with Crippen molar-refractivity contribution in [3.8, 4) is 0 Å². The standard InChI is InChI=1S/C18H18BrNO5S/c1-12(21)14-4-3-5-16(10-14)26(23,24)20-17(11-18(22)25-2)13-6-8-15(19)9-7-13/h3-10,17,20H,11H2,1-2H3/t17-/m0/s1. The van der Waals surface area contributed by atoms with Gasteiger partial charge in [-0.05, 0) is 36.8 Å². The Kier molecular flexibility index (Phi) is 6.69. The van der Waals surface area contributed by atoms with Crippen molar-refractivity contribution in [1.82, 2.24) is 4.72 Å². The quantitative estimate of drug-likeness (QED) is 0.528. The number of hydrogen-bond donors (Lipinski definition) is 1. The Bertz CT molecular complexity index is 909. The van der Waals surface area contributed by atoms with Crippen LogP contribution in [0.25, 0.3) is 0 Å². The van der Waals surface area contributed by atoms with Crippen molar-refractivity contribution >= 4 is 37.7 Å². The van der Waals surface area contributed by atoms with Crippen molar-refractivity contribution in [3.05, 3.63) is 64.1 Å². The largest absolute Gasteiger partial charge is 0.469 e. The first-order chi connectivity index (χ1) is 12.2. The number of carbonyl (C=O) groups is 2. The molecule has 0 aliphatic heterocycles. The minimum absolute atomic E-state index is 0.0443. The number of carbonyl (C=O) groups excluding carboxylic acids is 2. The van der Waals surface area contributed by atoms with Crippen LogP contribution in [0.3, 0.4) is 0 Å². The van der Waals surface area contributed by atoms with Crippen LogP contribution in [0.5, 0.6) is 0 Å². The number of halogens is 1. The summed E-state index contributed by atoms with van der Waals surface area (Å²) in [5.74, 6) is -0.779. The van der Waals surface area contributed by atoms with E-state index in [4.69, 9.17) is 0 Å². The van der Waals surface area contributed by atoms with E-state index in [-0.39, 0.29) is 17.1 Å². The molecule has 6 nitrogen and oxygen atoms in total. The second kappa shape index (κ2) is 8.57. The van der Waals surface area contributed by atoms with E-state index >= 15 is 0 Å². The maximum absolute atomic E-state index is 12.7. The van der Waals surface area contributed by atoms with E-state index in [2.05, 4.69) is 25.4 Å².